The Labute approximate surface area is 73.9 Å². The molecule has 1 aromatic heterocycles. The molecular weight excluding hydrogens is 263 g/mol. The van der Waals surface area contributed by atoms with Gasteiger partial charge in [0.25, 0.3) is 0 Å². The molecule has 0 amide bonds. The molecule has 0 bridgehead atoms. The van der Waals surface area contributed by atoms with E-state index >= 15 is 0 Å². The number of aryl methyl sites for hydroxylation is 1. The maximum absolute atomic E-state index is 3.50. The second-order valence-electron chi connectivity index (χ2n) is 1.70. The van der Waals surface area contributed by atoms with E-state index in [0.29, 0.717) is 14.5 Å². The quantitative estimate of drug-likeness (QED) is 0.558. The van der Waals surface area contributed by atoms with E-state index in [-0.39, 0.29) is 0 Å². The molecule has 0 aliphatic carbocycles. The van der Waals surface area contributed by atoms with E-state index in [1.165, 1.54) is 12.7 Å². The zero-order valence-electron chi connectivity index (χ0n) is 5.27. The van der Waals surface area contributed by atoms with E-state index in [1.54, 1.807) is 0 Å². The molecule has 0 radical (unpaired) electrons. The summed E-state index contributed by atoms with van der Waals surface area (Å²) in [4.78, 5) is 0. The van der Waals surface area contributed by atoms with Gasteiger partial charge in [0.15, 0.2) is 0 Å². The molecule has 0 aliphatic rings. The van der Waals surface area contributed by atoms with Crippen molar-refractivity contribution in [3.63, 3.8) is 0 Å². The van der Waals surface area contributed by atoms with Crippen LogP contribution in [0, 0.1) is 6.92 Å². The van der Waals surface area contributed by atoms with Gasteiger partial charge >= 0.3 is 74.1 Å². The van der Waals surface area contributed by atoms with Crippen molar-refractivity contribution in [2.45, 2.75) is 10.7 Å². The third-order valence-electron chi connectivity index (χ3n) is 0.964. The van der Waals surface area contributed by atoms with Gasteiger partial charge in [-0.1, -0.05) is 0 Å². The van der Waals surface area contributed by atoms with Gasteiger partial charge in [-0.15, -0.1) is 0 Å². The minimum atomic E-state index is 0.623. The summed E-state index contributed by atoms with van der Waals surface area (Å²) in [5, 5.41) is 0. The van der Waals surface area contributed by atoms with Crippen molar-refractivity contribution in [1.82, 2.24) is 0 Å². The van der Waals surface area contributed by atoms with E-state index in [9.17, 15) is 0 Å². The zero-order chi connectivity index (χ0) is 6.85. The van der Waals surface area contributed by atoms with Crippen molar-refractivity contribution in [3.05, 3.63) is 15.0 Å². The van der Waals surface area contributed by atoms with Crippen LogP contribution < -0.4 is 0 Å². The second-order valence-corrected chi connectivity index (χ2v) is 6.59. The van der Waals surface area contributed by atoms with Gasteiger partial charge in [0.1, 0.15) is 0 Å². The monoisotopic (exact) mass is 270 g/mol. The van der Waals surface area contributed by atoms with Crippen LogP contribution in [0.2, 0.25) is 0 Å². The first-order valence-corrected chi connectivity index (χ1v) is 6.27. The third-order valence-corrected chi connectivity index (χ3v) is 6.29. The number of halogens is 1. The molecule has 0 atom stereocenters. The molecule has 0 fully saturated rings. The van der Waals surface area contributed by atoms with Crippen molar-refractivity contribution >= 4 is 42.2 Å². The van der Waals surface area contributed by atoms with Gasteiger partial charge in [0.05, 0.1) is 0 Å². The molecule has 0 unspecified atom stereocenters. The molecule has 0 aromatic carbocycles. The van der Waals surface area contributed by atoms with Crippen molar-refractivity contribution < 1.29 is 0 Å². The summed E-state index contributed by atoms with van der Waals surface area (Å²) in [7, 11) is 0. The van der Waals surface area contributed by atoms with Crippen LogP contribution in [-0.4, -0.2) is 20.8 Å². The Morgan fingerprint density at radius 1 is 1.67 bits per heavy atom. The summed E-state index contributed by atoms with van der Waals surface area (Å²) < 4.78 is 4.33. The van der Waals surface area contributed by atoms with Gasteiger partial charge in [0, 0.05) is 0 Å². The first kappa shape index (κ1) is 7.93. The minimum absolute atomic E-state index is 0.623. The van der Waals surface area contributed by atoms with E-state index in [4.69, 9.17) is 0 Å². The maximum atomic E-state index is 3.50. The van der Waals surface area contributed by atoms with Gasteiger partial charge < -0.3 is 0 Å². The molecule has 1 rings (SSSR count). The van der Waals surface area contributed by atoms with E-state index in [2.05, 4.69) is 35.2 Å². The third kappa shape index (κ3) is 1.87. The van der Waals surface area contributed by atoms with Crippen molar-refractivity contribution in [2.24, 2.45) is 0 Å². The molecule has 3 heteroatoms. The predicted molar refractivity (Wildman–Crippen MR) is 47.6 cm³/mol. The Hall–Kier alpha value is 0.829. The molecular formula is C6H7BrSSe. The summed E-state index contributed by atoms with van der Waals surface area (Å²) in [5.41, 5.74) is 0. The Morgan fingerprint density at radius 3 is 2.56 bits per heavy atom. The van der Waals surface area contributed by atoms with Gasteiger partial charge in [-0.3, -0.25) is 0 Å². The number of hydrogen-bond donors (Lipinski definition) is 0. The fourth-order valence-corrected chi connectivity index (χ4v) is 5.05. The number of hydrogen-bond acceptors (Lipinski definition) is 1. The van der Waals surface area contributed by atoms with Crippen LogP contribution in [0.15, 0.2) is 14.3 Å². The van der Waals surface area contributed by atoms with Gasteiger partial charge in [-0.2, -0.15) is 0 Å². The average molecular weight is 270 g/mol. The molecule has 0 saturated carbocycles. The summed E-state index contributed by atoms with van der Waals surface area (Å²) in [6, 6.07) is 2.21. The number of rotatable bonds is 1. The van der Waals surface area contributed by atoms with E-state index < -0.39 is 0 Å². The average Bonchev–Trinajstić information content (AvgIpc) is 2.10. The van der Waals surface area contributed by atoms with Crippen LogP contribution in [-0.2, 0) is 0 Å². The Kier molecular flexibility index (Phi) is 2.90. The fourth-order valence-electron chi connectivity index (χ4n) is 0.601. The Morgan fingerprint density at radius 2 is 2.33 bits per heavy atom. The van der Waals surface area contributed by atoms with Crippen LogP contribution in [0.4, 0.5) is 0 Å². The van der Waals surface area contributed by atoms with Crippen LogP contribution >= 0.6 is 27.7 Å². The van der Waals surface area contributed by atoms with Crippen LogP contribution in [0.3, 0.4) is 0 Å². The van der Waals surface area contributed by atoms with Crippen LogP contribution in [0.1, 0.15) is 4.44 Å². The van der Waals surface area contributed by atoms with Crippen LogP contribution in [0.5, 0.6) is 0 Å². The molecule has 50 valence electrons. The molecule has 1 aromatic rings. The molecule has 0 aliphatic heterocycles. The summed E-state index contributed by atoms with van der Waals surface area (Å²) in [6.07, 6.45) is 2.13. The SMILES string of the molecule is CSc1[se]c(C)cc1Br. The second kappa shape index (κ2) is 3.29. The molecule has 0 nitrogen and oxygen atoms in total. The Balaban J connectivity index is 3.01. The van der Waals surface area contributed by atoms with Crippen LogP contribution in [0.25, 0.3) is 0 Å². The van der Waals surface area contributed by atoms with Gasteiger partial charge in [-0.05, 0) is 0 Å². The molecule has 0 spiro atoms. The van der Waals surface area contributed by atoms with Crippen molar-refractivity contribution in [2.75, 3.05) is 6.26 Å². The van der Waals surface area contributed by atoms with Gasteiger partial charge in [-0.25, -0.2) is 0 Å². The fraction of sp³-hybridized carbons (Fsp3) is 0.333. The zero-order valence-corrected chi connectivity index (χ0v) is 9.39. The Bertz CT molecular complexity index is 207. The molecule has 0 saturated heterocycles. The molecule has 9 heavy (non-hydrogen) atoms. The standard InChI is InChI=1S/C6H7BrSSe/c1-4-3-5(7)6(8-2)9-4/h3H,1-2H3. The normalized spacial score (nSPS) is 10.1. The van der Waals surface area contributed by atoms with E-state index in [0.717, 1.165) is 0 Å². The topological polar surface area (TPSA) is 0 Å². The first-order valence-electron chi connectivity index (χ1n) is 2.54. The van der Waals surface area contributed by atoms with Gasteiger partial charge in [0.2, 0.25) is 0 Å². The molecule has 1 heterocycles. The first-order chi connectivity index (χ1) is 4.24. The summed E-state index contributed by atoms with van der Waals surface area (Å²) >= 11 is 5.98. The predicted octanol–water partition coefficient (Wildman–Crippen LogP) is 2.54. The van der Waals surface area contributed by atoms with Crippen molar-refractivity contribution in [1.29, 1.82) is 0 Å². The summed E-state index contributed by atoms with van der Waals surface area (Å²) in [5.74, 6) is 0. The molecule has 0 N–H and O–H groups in total. The van der Waals surface area contributed by atoms with Crippen molar-refractivity contribution in [3.8, 4) is 0 Å². The van der Waals surface area contributed by atoms with E-state index in [1.807, 2.05) is 11.8 Å². The number of thioether (sulfide) groups is 1. The summed E-state index contributed by atoms with van der Waals surface area (Å²) in [6.45, 7) is 2.18.